The first-order chi connectivity index (χ1) is 17.0. The minimum Gasteiger partial charge on any atom is -0.491 e. The Balaban J connectivity index is 1.34. The fourth-order valence-corrected chi connectivity index (χ4v) is 5.16. The molecule has 0 amide bonds. The number of benzene rings is 3. The number of hydrogen-bond acceptors (Lipinski definition) is 1. The molecule has 1 fully saturated rings. The van der Waals surface area contributed by atoms with Crippen LogP contribution in [0.1, 0.15) is 68.6 Å². The van der Waals surface area contributed by atoms with Gasteiger partial charge in [-0.3, -0.25) is 0 Å². The zero-order valence-corrected chi connectivity index (χ0v) is 20.5. The second-order valence-electron chi connectivity index (χ2n) is 9.40. The van der Waals surface area contributed by atoms with Gasteiger partial charge in [-0.05, 0) is 98.6 Å². The minimum absolute atomic E-state index is 0.293. The van der Waals surface area contributed by atoms with E-state index in [9.17, 15) is 13.2 Å². The summed E-state index contributed by atoms with van der Waals surface area (Å²) in [5.74, 6) is -0.706. The molecule has 0 N–H and O–H groups in total. The molecule has 0 radical (unpaired) electrons. The Kier molecular flexibility index (Phi) is 8.33. The van der Waals surface area contributed by atoms with Gasteiger partial charge in [0.05, 0.1) is 6.61 Å². The van der Waals surface area contributed by atoms with Crippen molar-refractivity contribution in [3.05, 3.63) is 94.8 Å². The Morgan fingerprint density at radius 1 is 0.886 bits per heavy atom. The molecule has 0 atom stereocenters. The van der Waals surface area contributed by atoms with Crippen LogP contribution in [0.3, 0.4) is 0 Å². The van der Waals surface area contributed by atoms with Gasteiger partial charge >= 0.3 is 0 Å². The normalized spacial score (nSPS) is 18.2. The van der Waals surface area contributed by atoms with Gasteiger partial charge in [0, 0.05) is 5.56 Å². The molecule has 4 rings (SSSR count). The van der Waals surface area contributed by atoms with Crippen LogP contribution in [0.15, 0.2) is 60.7 Å². The topological polar surface area (TPSA) is 9.23 Å². The Labute approximate surface area is 206 Å². The van der Waals surface area contributed by atoms with Crippen molar-refractivity contribution in [1.29, 1.82) is 0 Å². The Morgan fingerprint density at radius 3 is 2.29 bits per heavy atom. The van der Waals surface area contributed by atoms with E-state index in [0.717, 1.165) is 43.2 Å². The van der Waals surface area contributed by atoms with Crippen molar-refractivity contribution < 1.29 is 17.9 Å². The van der Waals surface area contributed by atoms with Crippen LogP contribution in [0.5, 0.6) is 5.75 Å². The maximum Gasteiger partial charge on any atom is 0.166 e. The van der Waals surface area contributed by atoms with Crippen LogP contribution < -0.4 is 4.74 Å². The van der Waals surface area contributed by atoms with Crippen LogP contribution in [-0.4, -0.2) is 6.61 Å². The summed E-state index contributed by atoms with van der Waals surface area (Å²) in [6, 6.07) is 16.1. The van der Waals surface area contributed by atoms with E-state index in [4.69, 9.17) is 4.74 Å². The molecule has 1 nitrogen and oxygen atoms in total. The van der Waals surface area contributed by atoms with Gasteiger partial charge < -0.3 is 4.74 Å². The molecular formula is C31H33F3O. The first-order valence-corrected chi connectivity index (χ1v) is 12.6. The molecule has 1 saturated carbocycles. The Morgan fingerprint density at radius 2 is 1.63 bits per heavy atom. The first-order valence-electron chi connectivity index (χ1n) is 12.6. The number of rotatable bonds is 8. The lowest BCUT2D eigenvalue weighted by atomic mass is 9.77. The third-order valence-corrected chi connectivity index (χ3v) is 7.14. The fourth-order valence-electron chi connectivity index (χ4n) is 5.16. The van der Waals surface area contributed by atoms with Gasteiger partial charge in [-0.2, -0.15) is 0 Å². The van der Waals surface area contributed by atoms with E-state index in [1.807, 2.05) is 56.3 Å². The van der Waals surface area contributed by atoms with Crippen LogP contribution in [0.2, 0.25) is 0 Å². The molecule has 184 valence electrons. The lowest BCUT2D eigenvalue weighted by molar-refractivity contribution is 0.306. The number of hydrogen-bond donors (Lipinski definition) is 0. The van der Waals surface area contributed by atoms with Gasteiger partial charge in [0.1, 0.15) is 0 Å². The summed E-state index contributed by atoms with van der Waals surface area (Å²) in [6.07, 6.45) is 9.26. The number of halogens is 3. The second-order valence-corrected chi connectivity index (χ2v) is 9.40. The van der Waals surface area contributed by atoms with Crippen molar-refractivity contribution in [3.8, 4) is 16.9 Å². The summed E-state index contributed by atoms with van der Waals surface area (Å²) in [5.41, 5.74) is 3.45. The average molecular weight is 479 g/mol. The van der Waals surface area contributed by atoms with E-state index in [-0.39, 0.29) is 5.82 Å². The van der Waals surface area contributed by atoms with Crippen LogP contribution in [0.4, 0.5) is 13.2 Å². The highest BCUT2D eigenvalue weighted by molar-refractivity contribution is 5.66. The predicted molar refractivity (Wildman–Crippen MR) is 137 cm³/mol. The molecule has 1 aliphatic rings. The van der Waals surface area contributed by atoms with E-state index in [1.165, 1.54) is 0 Å². The van der Waals surface area contributed by atoms with E-state index >= 15 is 0 Å². The molecule has 0 bridgehead atoms. The van der Waals surface area contributed by atoms with Crippen LogP contribution in [-0.2, 0) is 6.42 Å². The largest absolute Gasteiger partial charge is 0.491 e. The second kappa shape index (κ2) is 11.6. The molecule has 3 aromatic carbocycles. The zero-order valence-electron chi connectivity index (χ0n) is 20.5. The molecular weight excluding hydrogens is 445 g/mol. The SMILES string of the molecule is C/C=C/c1ccc(-c2ccc(CCC3CCC(c4ccc(OCC)c(F)c4)CC3)c(F)c2F)cc1. The quantitative estimate of drug-likeness (QED) is 0.314. The molecule has 0 spiro atoms. The molecule has 3 aromatic rings. The van der Waals surface area contributed by atoms with E-state index in [1.54, 1.807) is 24.3 Å². The summed E-state index contributed by atoms with van der Waals surface area (Å²) in [7, 11) is 0. The van der Waals surface area contributed by atoms with Crippen molar-refractivity contribution in [3.63, 3.8) is 0 Å². The summed E-state index contributed by atoms with van der Waals surface area (Å²) < 4.78 is 49.3. The summed E-state index contributed by atoms with van der Waals surface area (Å²) >= 11 is 0. The molecule has 0 aromatic heterocycles. The molecule has 0 saturated heterocycles. The molecule has 0 unspecified atom stereocenters. The smallest absolute Gasteiger partial charge is 0.166 e. The molecule has 35 heavy (non-hydrogen) atoms. The molecule has 0 heterocycles. The van der Waals surface area contributed by atoms with Crippen molar-refractivity contribution in [1.82, 2.24) is 0 Å². The van der Waals surface area contributed by atoms with Crippen molar-refractivity contribution in [2.45, 2.75) is 58.3 Å². The minimum atomic E-state index is -0.775. The number of ether oxygens (including phenoxy) is 1. The molecule has 0 aliphatic heterocycles. The number of allylic oxidation sites excluding steroid dienone is 1. The highest BCUT2D eigenvalue weighted by atomic mass is 19.2. The van der Waals surface area contributed by atoms with E-state index in [2.05, 4.69) is 0 Å². The highest BCUT2D eigenvalue weighted by Gasteiger charge is 2.24. The van der Waals surface area contributed by atoms with Crippen LogP contribution in [0, 0.1) is 23.4 Å². The third-order valence-electron chi connectivity index (χ3n) is 7.14. The lowest BCUT2D eigenvalue weighted by Gasteiger charge is -2.29. The number of aryl methyl sites for hydroxylation is 1. The van der Waals surface area contributed by atoms with Gasteiger partial charge in [-0.1, -0.05) is 54.6 Å². The zero-order chi connectivity index (χ0) is 24.8. The summed E-state index contributed by atoms with van der Waals surface area (Å²) in [4.78, 5) is 0. The van der Waals surface area contributed by atoms with Gasteiger partial charge in [0.25, 0.3) is 0 Å². The van der Waals surface area contributed by atoms with Crippen LogP contribution in [0.25, 0.3) is 17.2 Å². The Bertz CT molecular complexity index is 1160. The Hall–Kier alpha value is -3.01. The maximum atomic E-state index is 14.9. The standard InChI is InChI=1S/C31H33F3O/c1-3-5-21-8-13-24(14-9-21)27-18-16-25(30(33)31(27)34)15-10-22-6-11-23(12-7-22)26-17-19-29(35-4-2)28(32)20-26/h3,5,8-9,13-14,16-20,22-23H,4,6-7,10-12,15H2,1-2H3/b5-3+. The third kappa shape index (κ3) is 5.98. The van der Waals surface area contributed by atoms with Gasteiger partial charge in [-0.15, -0.1) is 0 Å². The van der Waals surface area contributed by atoms with Crippen molar-refractivity contribution in [2.75, 3.05) is 6.61 Å². The average Bonchev–Trinajstić information content (AvgIpc) is 2.87. The van der Waals surface area contributed by atoms with Gasteiger partial charge in [0.2, 0.25) is 0 Å². The summed E-state index contributed by atoms with van der Waals surface area (Å²) in [6.45, 7) is 4.22. The van der Waals surface area contributed by atoms with Gasteiger partial charge in [-0.25, -0.2) is 13.2 Å². The van der Waals surface area contributed by atoms with Crippen molar-refractivity contribution >= 4 is 6.08 Å². The molecule has 1 aliphatic carbocycles. The molecule has 4 heteroatoms. The van der Waals surface area contributed by atoms with E-state index in [0.29, 0.717) is 47.3 Å². The maximum absolute atomic E-state index is 14.9. The highest BCUT2D eigenvalue weighted by Crippen LogP contribution is 2.39. The fraction of sp³-hybridized carbons (Fsp3) is 0.355. The predicted octanol–water partition coefficient (Wildman–Crippen LogP) is 9.11. The first kappa shape index (κ1) is 25.1. The van der Waals surface area contributed by atoms with Gasteiger partial charge in [0.15, 0.2) is 23.2 Å². The van der Waals surface area contributed by atoms with Crippen LogP contribution >= 0.6 is 0 Å². The monoisotopic (exact) mass is 478 g/mol. The van der Waals surface area contributed by atoms with Crippen molar-refractivity contribution in [2.24, 2.45) is 5.92 Å². The lowest BCUT2D eigenvalue weighted by Crippen LogP contribution is -2.14. The van der Waals surface area contributed by atoms with E-state index < -0.39 is 11.6 Å². The summed E-state index contributed by atoms with van der Waals surface area (Å²) in [5, 5.41) is 0.